The van der Waals surface area contributed by atoms with Crippen molar-refractivity contribution in [3.05, 3.63) is 60.1 Å². The standard InChI is InChI=1S/C20H20FN3O4S3/c1-24(25)20(29)30-12-2-3-17-18(13-6-10-16(11-7-13)31(22,26)27)19(23-28-17)14-4-8-15(21)9-5-14/h4-11,25H,2-3,12H2,1H3,(H2,22,26,27). The molecule has 3 rings (SSSR count). The Hall–Kier alpha value is -2.31. The summed E-state index contributed by atoms with van der Waals surface area (Å²) < 4.78 is 42.5. The van der Waals surface area contributed by atoms with Crippen molar-refractivity contribution in [3.8, 4) is 22.4 Å². The van der Waals surface area contributed by atoms with E-state index in [1.165, 1.54) is 43.1 Å². The number of aryl methyl sites for hydroxylation is 1. The fraction of sp³-hybridized carbons (Fsp3) is 0.200. The van der Waals surface area contributed by atoms with Gasteiger partial charge in [0.15, 0.2) is 4.32 Å². The number of hydroxylamine groups is 2. The third-order valence-electron chi connectivity index (χ3n) is 4.39. The molecule has 0 aliphatic rings. The van der Waals surface area contributed by atoms with Gasteiger partial charge in [-0.2, -0.15) is 0 Å². The number of aromatic nitrogens is 1. The minimum absolute atomic E-state index is 0.00405. The Kier molecular flexibility index (Phi) is 7.44. The number of primary sulfonamides is 1. The first kappa shape index (κ1) is 23.4. The highest BCUT2D eigenvalue weighted by atomic mass is 32.2. The van der Waals surface area contributed by atoms with Crippen molar-refractivity contribution >= 4 is 38.3 Å². The van der Waals surface area contributed by atoms with Gasteiger partial charge in [0.05, 0.1) is 10.5 Å². The van der Waals surface area contributed by atoms with Gasteiger partial charge >= 0.3 is 0 Å². The lowest BCUT2D eigenvalue weighted by molar-refractivity contribution is 0.0205. The molecule has 31 heavy (non-hydrogen) atoms. The molecule has 0 atom stereocenters. The summed E-state index contributed by atoms with van der Waals surface area (Å²) in [4.78, 5) is -0.00405. The van der Waals surface area contributed by atoms with Crippen molar-refractivity contribution in [1.82, 2.24) is 10.2 Å². The zero-order chi connectivity index (χ0) is 22.6. The van der Waals surface area contributed by atoms with Gasteiger partial charge in [-0.25, -0.2) is 23.0 Å². The molecule has 7 nitrogen and oxygen atoms in total. The number of hydrogen-bond acceptors (Lipinski definition) is 7. The maximum atomic E-state index is 13.4. The van der Waals surface area contributed by atoms with E-state index in [1.807, 2.05) is 0 Å². The Morgan fingerprint density at radius 1 is 1.19 bits per heavy atom. The van der Waals surface area contributed by atoms with Crippen molar-refractivity contribution in [1.29, 1.82) is 0 Å². The zero-order valence-corrected chi connectivity index (χ0v) is 18.9. The highest BCUT2D eigenvalue weighted by molar-refractivity contribution is 8.22. The van der Waals surface area contributed by atoms with E-state index in [4.69, 9.17) is 21.9 Å². The molecule has 3 aromatic rings. The molecule has 1 aromatic heterocycles. The maximum Gasteiger partial charge on any atom is 0.238 e. The van der Waals surface area contributed by atoms with E-state index in [0.29, 0.717) is 51.1 Å². The van der Waals surface area contributed by atoms with Crippen LogP contribution in [0.1, 0.15) is 12.2 Å². The monoisotopic (exact) mass is 481 g/mol. The van der Waals surface area contributed by atoms with Crippen molar-refractivity contribution < 1.29 is 22.5 Å². The van der Waals surface area contributed by atoms with Gasteiger partial charge in [0, 0.05) is 24.8 Å². The number of sulfonamides is 1. The van der Waals surface area contributed by atoms with E-state index in [9.17, 15) is 18.0 Å². The smallest absolute Gasteiger partial charge is 0.238 e. The summed E-state index contributed by atoms with van der Waals surface area (Å²) in [6.45, 7) is 0. The van der Waals surface area contributed by atoms with Gasteiger partial charge in [0.25, 0.3) is 0 Å². The number of thiocarbonyl (C=S) groups is 1. The highest BCUT2D eigenvalue weighted by Gasteiger charge is 2.20. The predicted octanol–water partition coefficient (Wildman–Crippen LogP) is 4.07. The Morgan fingerprint density at radius 3 is 2.39 bits per heavy atom. The van der Waals surface area contributed by atoms with Crippen LogP contribution in [-0.2, 0) is 16.4 Å². The van der Waals surface area contributed by atoms with E-state index in [0.717, 1.165) is 5.06 Å². The van der Waals surface area contributed by atoms with E-state index in [1.54, 1.807) is 24.3 Å². The van der Waals surface area contributed by atoms with Crippen LogP contribution in [0.4, 0.5) is 4.39 Å². The molecule has 11 heteroatoms. The second-order valence-corrected chi connectivity index (χ2v) is 9.94. The Bertz CT molecular complexity index is 1160. The molecule has 0 aliphatic heterocycles. The van der Waals surface area contributed by atoms with E-state index in [-0.39, 0.29) is 10.7 Å². The molecule has 0 saturated heterocycles. The average molecular weight is 482 g/mol. The van der Waals surface area contributed by atoms with Crippen LogP contribution >= 0.6 is 24.0 Å². The summed E-state index contributed by atoms with van der Waals surface area (Å²) in [5, 5.41) is 19.6. The molecule has 0 unspecified atom stereocenters. The normalized spacial score (nSPS) is 11.5. The fourth-order valence-electron chi connectivity index (χ4n) is 2.89. The predicted molar refractivity (Wildman–Crippen MR) is 122 cm³/mol. The minimum Gasteiger partial charge on any atom is -0.360 e. The number of nitrogens with two attached hydrogens (primary N) is 1. The molecule has 1 heterocycles. The lowest BCUT2D eigenvalue weighted by Gasteiger charge is -2.10. The number of nitrogens with zero attached hydrogens (tertiary/aromatic N) is 2. The number of benzene rings is 2. The topological polar surface area (TPSA) is 110 Å². The SMILES string of the molecule is CN(O)C(=S)SCCCc1onc(-c2ccc(F)cc2)c1-c1ccc(S(N)(=O)=O)cc1. The fourth-order valence-corrected chi connectivity index (χ4v) is 4.31. The molecule has 3 N–H and O–H groups in total. The lowest BCUT2D eigenvalue weighted by atomic mass is 9.98. The quantitative estimate of drug-likeness (QED) is 0.295. The second kappa shape index (κ2) is 9.88. The van der Waals surface area contributed by atoms with Gasteiger partial charge in [0.1, 0.15) is 17.3 Å². The molecule has 0 amide bonds. The third kappa shape index (κ3) is 5.89. The van der Waals surface area contributed by atoms with Crippen LogP contribution in [0, 0.1) is 5.82 Å². The summed E-state index contributed by atoms with van der Waals surface area (Å²) >= 11 is 6.38. The van der Waals surface area contributed by atoms with Crippen LogP contribution in [0.3, 0.4) is 0 Å². The summed E-state index contributed by atoms with van der Waals surface area (Å²) in [7, 11) is -2.36. The molecule has 2 aromatic carbocycles. The summed E-state index contributed by atoms with van der Waals surface area (Å²) in [6.07, 6.45) is 1.23. The molecule has 0 saturated carbocycles. The first-order valence-electron chi connectivity index (χ1n) is 9.14. The number of hydrogen-bond donors (Lipinski definition) is 2. The molecule has 0 spiro atoms. The number of halogens is 1. The maximum absolute atomic E-state index is 13.4. The molecular weight excluding hydrogens is 461 g/mol. The molecule has 0 bridgehead atoms. The first-order chi connectivity index (χ1) is 14.7. The van der Waals surface area contributed by atoms with Gasteiger partial charge in [-0.1, -0.05) is 41.3 Å². The largest absolute Gasteiger partial charge is 0.360 e. The van der Waals surface area contributed by atoms with Crippen molar-refractivity contribution in [2.45, 2.75) is 17.7 Å². The molecule has 164 valence electrons. The van der Waals surface area contributed by atoms with Crippen molar-refractivity contribution in [2.75, 3.05) is 12.8 Å². The van der Waals surface area contributed by atoms with Gasteiger partial charge in [-0.05, 0) is 48.4 Å². The van der Waals surface area contributed by atoms with Gasteiger partial charge < -0.3 is 4.52 Å². The van der Waals surface area contributed by atoms with Crippen LogP contribution in [-0.4, -0.2) is 41.0 Å². The van der Waals surface area contributed by atoms with Crippen LogP contribution in [0.25, 0.3) is 22.4 Å². The van der Waals surface area contributed by atoms with E-state index in [2.05, 4.69) is 5.16 Å². The number of rotatable bonds is 7. The Labute approximate surface area is 189 Å². The second-order valence-electron chi connectivity index (χ2n) is 6.65. The van der Waals surface area contributed by atoms with E-state index >= 15 is 0 Å². The van der Waals surface area contributed by atoms with Crippen LogP contribution in [0.2, 0.25) is 0 Å². The lowest BCUT2D eigenvalue weighted by Crippen LogP contribution is -2.17. The van der Waals surface area contributed by atoms with Crippen molar-refractivity contribution in [2.24, 2.45) is 5.14 Å². The van der Waals surface area contributed by atoms with Gasteiger partial charge in [-0.3, -0.25) is 5.21 Å². The van der Waals surface area contributed by atoms with Gasteiger partial charge in [-0.15, -0.1) is 0 Å². The van der Waals surface area contributed by atoms with Gasteiger partial charge in [0.2, 0.25) is 10.0 Å². The summed E-state index contributed by atoms with van der Waals surface area (Å²) in [5.74, 6) is 0.889. The Morgan fingerprint density at radius 2 is 1.81 bits per heavy atom. The van der Waals surface area contributed by atoms with Crippen LogP contribution in [0.15, 0.2) is 57.9 Å². The first-order valence-corrected chi connectivity index (χ1v) is 12.1. The number of thioether (sulfide) groups is 1. The highest BCUT2D eigenvalue weighted by Crippen LogP contribution is 2.36. The molecule has 0 aliphatic carbocycles. The Balaban J connectivity index is 1.92. The summed E-state index contributed by atoms with van der Waals surface area (Å²) in [5.41, 5.74) is 2.58. The summed E-state index contributed by atoms with van der Waals surface area (Å²) in [6, 6.07) is 12.0. The average Bonchev–Trinajstić information content (AvgIpc) is 3.14. The van der Waals surface area contributed by atoms with Crippen molar-refractivity contribution in [3.63, 3.8) is 0 Å². The third-order valence-corrected chi connectivity index (χ3v) is 6.94. The molecule has 0 fully saturated rings. The van der Waals surface area contributed by atoms with E-state index < -0.39 is 10.0 Å². The molecule has 0 radical (unpaired) electrons. The zero-order valence-electron chi connectivity index (χ0n) is 16.5. The molecular formula is C20H20FN3O4S3. The minimum atomic E-state index is -3.82. The van der Waals surface area contributed by atoms with Crippen LogP contribution in [0.5, 0.6) is 0 Å². The van der Waals surface area contributed by atoms with Crippen LogP contribution < -0.4 is 5.14 Å².